The molecule has 0 radical (unpaired) electrons. The summed E-state index contributed by atoms with van der Waals surface area (Å²) < 4.78 is 43.5. The van der Waals surface area contributed by atoms with Crippen LogP contribution in [0.1, 0.15) is 45.4 Å². The summed E-state index contributed by atoms with van der Waals surface area (Å²) in [6, 6.07) is 9.77. The Hall–Kier alpha value is -3.20. The molecule has 174 valence electrons. The second-order valence-electron chi connectivity index (χ2n) is 7.38. The van der Waals surface area contributed by atoms with Gasteiger partial charge in [-0.25, -0.2) is 9.78 Å². The number of benzene rings is 2. The molecule has 9 heteroatoms. The van der Waals surface area contributed by atoms with Gasteiger partial charge in [-0.3, -0.25) is 4.79 Å². The topological polar surface area (TPSA) is 76.5 Å². The van der Waals surface area contributed by atoms with E-state index in [1.807, 2.05) is 13.8 Å². The number of thiazole rings is 1. The standard InChI is InChI=1S/C24H22F3NO4S/c1-3-15-12-18(32-13-22(30)31)8-9-19(15)20(29)10-11-21-14(2)28-23(33-21)16-4-6-17(7-5-16)24(25,26)27/h4-9,12H,3,10-11,13H2,1-2H3,(H,30,31). The Kier molecular flexibility index (Phi) is 7.53. The van der Waals surface area contributed by atoms with E-state index in [0.29, 0.717) is 34.7 Å². The molecular weight excluding hydrogens is 455 g/mol. The molecule has 1 aromatic heterocycles. The highest BCUT2D eigenvalue weighted by Gasteiger charge is 2.30. The normalized spacial score (nSPS) is 11.4. The molecule has 1 N–H and O–H groups in total. The molecule has 0 aliphatic heterocycles. The van der Waals surface area contributed by atoms with Crippen LogP contribution in [-0.4, -0.2) is 28.4 Å². The average molecular weight is 478 g/mol. The number of aryl methyl sites for hydroxylation is 3. The molecule has 5 nitrogen and oxygen atoms in total. The summed E-state index contributed by atoms with van der Waals surface area (Å²) in [7, 11) is 0. The van der Waals surface area contributed by atoms with Crippen molar-refractivity contribution >= 4 is 23.1 Å². The highest BCUT2D eigenvalue weighted by molar-refractivity contribution is 7.15. The van der Waals surface area contributed by atoms with Gasteiger partial charge < -0.3 is 9.84 Å². The number of carboxylic acid groups (broad SMARTS) is 1. The van der Waals surface area contributed by atoms with Crippen molar-refractivity contribution in [3.8, 4) is 16.3 Å². The van der Waals surface area contributed by atoms with E-state index in [1.54, 1.807) is 18.2 Å². The Bertz CT molecular complexity index is 1150. The molecule has 1 heterocycles. The lowest BCUT2D eigenvalue weighted by Crippen LogP contribution is -2.10. The van der Waals surface area contributed by atoms with Crippen molar-refractivity contribution in [1.29, 1.82) is 0 Å². The molecule has 0 amide bonds. The first kappa shape index (κ1) is 24.4. The van der Waals surface area contributed by atoms with E-state index in [2.05, 4.69) is 4.98 Å². The summed E-state index contributed by atoms with van der Waals surface area (Å²) in [5, 5.41) is 9.34. The molecular formula is C24H22F3NO4S. The van der Waals surface area contributed by atoms with Crippen molar-refractivity contribution in [2.45, 2.75) is 39.3 Å². The Morgan fingerprint density at radius 1 is 1.12 bits per heavy atom. The Morgan fingerprint density at radius 2 is 1.82 bits per heavy atom. The summed E-state index contributed by atoms with van der Waals surface area (Å²) in [5.41, 5.74) is 1.96. The largest absolute Gasteiger partial charge is 0.482 e. The van der Waals surface area contributed by atoms with Gasteiger partial charge in [-0.2, -0.15) is 13.2 Å². The van der Waals surface area contributed by atoms with E-state index in [1.165, 1.54) is 23.5 Å². The number of aliphatic carboxylic acids is 1. The summed E-state index contributed by atoms with van der Waals surface area (Å²) in [6.45, 7) is 3.26. The van der Waals surface area contributed by atoms with E-state index in [9.17, 15) is 22.8 Å². The molecule has 3 aromatic rings. The number of carboxylic acids is 1. The molecule has 0 fully saturated rings. The number of Topliss-reactive ketones (excluding diaryl/α,β-unsaturated/α-hetero) is 1. The molecule has 0 atom stereocenters. The van der Waals surface area contributed by atoms with Crippen molar-refractivity contribution in [1.82, 2.24) is 4.98 Å². The smallest absolute Gasteiger partial charge is 0.416 e. The molecule has 0 unspecified atom stereocenters. The zero-order valence-corrected chi connectivity index (χ0v) is 18.8. The molecule has 33 heavy (non-hydrogen) atoms. The summed E-state index contributed by atoms with van der Waals surface area (Å²) in [5.74, 6) is -0.741. The predicted molar refractivity (Wildman–Crippen MR) is 119 cm³/mol. The number of carbonyl (C=O) groups excluding carboxylic acids is 1. The molecule has 0 saturated carbocycles. The van der Waals surface area contributed by atoms with E-state index >= 15 is 0 Å². The van der Waals surface area contributed by atoms with E-state index in [-0.39, 0.29) is 12.2 Å². The summed E-state index contributed by atoms with van der Waals surface area (Å²) in [4.78, 5) is 28.9. The molecule has 0 spiro atoms. The minimum atomic E-state index is -4.39. The molecule has 3 rings (SSSR count). The monoisotopic (exact) mass is 477 g/mol. The van der Waals surface area contributed by atoms with E-state index in [0.717, 1.165) is 28.3 Å². The van der Waals surface area contributed by atoms with Gasteiger partial charge in [0.15, 0.2) is 12.4 Å². The van der Waals surface area contributed by atoms with Crippen LogP contribution in [0.3, 0.4) is 0 Å². The quantitative estimate of drug-likeness (QED) is 0.384. The van der Waals surface area contributed by atoms with Gasteiger partial charge in [0.1, 0.15) is 10.8 Å². The van der Waals surface area contributed by atoms with Crippen molar-refractivity contribution in [3.05, 3.63) is 69.7 Å². The highest BCUT2D eigenvalue weighted by Crippen LogP contribution is 2.33. The third kappa shape index (κ3) is 6.19. The van der Waals surface area contributed by atoms with Gasteiger partial charge in [0, 0.05) is 22.4 Å². The van der Waals surface area contributed by atoms with Crippen LogP contribution in [0.15, 0.2) is 42.5 Å². The second-order valence-corrected chi connectivity index (χ2v) is 8.46. The van der Waals surface area contributed by atoms with Gasteiger partial charge in [-0.1, -0.05) is 19.1 Å². The van der Waals surface area contributed by atoms with Crippen LogP contribution in [0.25, 0.3) is 10.6 Å². The van der Waals surface area contributed by atoms with Crippen molar-refractivity contribution in [2.24, 2.45) is 0 Å². The minimum absolute atomic E-state index is 0.0551. The van der Waals surface area contributed by atoms with Gasteiger partial charge in [0.25, 0.3) is 0 Å². The van der Waals surface area contributed by atoms with Crippen molar-refractivity contribution < 1.29 is 32.6 Å². The van der Waals surface area contributed by atoms with Gasteiger partial charge >= 0.3 is 12.1 Å². The van der Waals surface area contributed by atoms with Gasteiger partial charge in [0.2, 0.25) is 0 Å². The molecule has 0 aliphatic rings. The second kappa shape index (κ2) is 10.2. The zero-order valence-electron chi connectivity index (χ0n) is 18.0. The number of rotatable bonds is 9. The first-order chi connectivity index (χ1) is 15.6. The number of carbonyl (C=O) groups is 2. The maximum Gasteiger partial charge on any atom is 0.416 e. The van der Waals surface area contributed by atoms with Gasteiger partial charge in [0.05, 0.1) is 11.3 Å². The van der Waals surface area contributed by atoms with Crippen LogP contribution in [0.2, 0.25) is 0 Å². The number of aromatic nitrogens is 1. The van der Waals surface area contributed by atoms with E-state index < -0.39 is 24.3 Å². The zero-order chi connectivity index (χ0) is 24.2. The average Bonchev–Trinajstić information content (AvgIpc) is 3.15. The first-order valence-electron chi connectivity index (χ1n) is 10.2. The van der Waals surface area contributed by atoms with Crippen LogP contribution in [0.4, 0.5) is 13.2 Å². The maximum absolute atomic E-state index is 12.8. The molecule has 0 saturated heterocycles. The van der Waals surface area contributed by atoms with Crippen LogP contribution >= 0.6 is 11.3 Å². The number of alkyl halides is 3. The number of hydrogen-bond donors (Lipinski definition) is 1. The Labute approximate surface area is 192 Å². The number of halogens is 3. The fourth-order valence-corrected chi connectivity index (χ4v) is 4.38. The van der Waals surface area contributed by atoms with Gasteiger partial charge in [-0.15, -0.1) is 11.3 Å². The fraction of sp³-hybridized carbons (Fsp3) is 0.292. The molecule has 2 aromatic carbocycles. The lowest BCUT2D eigenvalue weighted by atomic mass is 9.98. The molecule has 0 bridgehead atoms. The predicted octanol–water partition coefficient (Wildman–Crippen LogP) is 5.98. The Balaban J connectivity index is 1.69. The van der Waals surface area contributed by atoms with Crippen LogP contribution in [0.5, 0.6) is 5.75 Å². The van der Waals surface area contributed by atoms with Crippen LogP contribution in [0, 0.1) is 6.92 Å². The molecule has 0 aliphatic carbocycles. The summed E-state index contributed by atoms with van der Waals surface area (Å²) in [6.07, 6.45) is -3.09. The minimum Gasteiger partial charge on any atom is -0.482 e. The first-order valence-corrected chi connectivity index (χ1v) is 11.0. The fourth-order valence-electron chi connectivity index (χ4n) is 3.32. The van der Waals surface area contributed by atoms with Crippen LogP contribution in [-0.2, 0) is 23.8 Å². The summed E-state index contributed by atoms with van der Waals surface area (Å²) >= 11 is 1.36. The third-order valence-corrected chi connectivity index (χ3v) is 6.32. The SMILES string of the molecule is CCc1cc(OCC(=O)O)ccc1C(=O)CCc1sc(-c2ccc(C(F)(F)F)cc2)nc1C. The Morgan fingerprint density at radius 3 is 2.42 bits per heavy atom. The number of ketones is 1. The van der Waals surface area contributed by atoms with Crippen molar-refractivity contribution in [3.63, 3.8) is 0 Å². The van der Waals surface area contributed by atoms with Gasteiger partial charge in [-0.05, 0) is 55.7 Å². The maximum atomic E-state index is 12.8. The van der Waals surface area contributed by atoms with Crippen LogP contribution < -0.4 is 4.74 Å². The third-order valence-electron chi connectivity index (χ3n) is 5.05. The lowest BCUT2D eigenvalue weighted by Gasteiger charge is -2.10. The van der Waals surface area contributed by atoms with E-state index in [4.69, 9.17) is 9.84 Å². The number of nitrogens with zero attached hydrogens (tertiary/aromatic N) is 1. The van der Waals surface area contributed by atoms with Crippen molar-refractivity contribution in [2.75, 3.05) is 6.61 Å². The lowest BCUT2D eigenvalue weighted by molar-refractivity contribution is -0.139. The highest BCUT2D eigenvalue weighted by atomic mass is 32.1. The number of ether oxygens (including phenoxy) is 1. The number of hydrogen-bond acceptors (Lipinski definition) is 5.